The van der Waals surface area contributed by atoms with Crippen LogP contribution >= 0.6 is 0 Å². The number of hydrogen-bond acceptors (Lipinski definition) is 4. The topological polar surface area (TPSA) is 68.5 Å². The van der Waals surface area contributed by atoms with Crippen LogP contribution < -0.4 is 5.32 Å². The summed E-state index contributed by atoms with van der Waals surface area (Å²) in [7, 11) is 0. The van der Waals surface area contributed by atoms with Gasteiger partial charge in [0.1, 0.15) is 6.26 Å². The first kappa shape index (κ1) is 14.8. The molecule has 1 amide bonds. The SMILES string of the molecule is Cc1ccc(CNC(=O)COC(=O)c2ccoc2)cc1C. The standard InChI is InChI=1S/C16H17NO4/c1-11-3-4-13(7-12(11)2)8-17-15(18)10-21-16(19)14-5-6-20-9-14/h3-7,9H,8,10H2,1-2H3,(H,17,18). The van der Waals surface area contributed by atoms with Crippen molar-refractivity contribution in [2.75, 3.05) is 6.61 Å². The van der Waals surface area contributed by atoms with E-state index in [-0.39, 0.29) is 18.1 Å². The first-order valence-electron chi connectivity index (χ1n) is 6.58. The average molecular weight is 287 g/mol. The van der Waals surface area contributed by atoms with Crippen molar-refractivity contribution in [1.29, 1.82) is 0 Å². The summed E-state index contributed by atoms with van der Waals surface area (Å²) in [5, 5.41) is 2.71. The molecule has 21 heavy (non-hydrogen) atoms. The van der Waals surface area contributed by atoms with E-state index < -0.39 is 5.97 Å². The predicted octanol–water partition coefficient (Wildman–Crippen LogP) is 2.37. The Morgan fingerprint density at radius 1 is 1.19 bits per heavy atom. The summed E-state index contributed by atoms with van der Waals surface area (Å²) in [6.07, 6.45) is 2.64. The summed E-state index contributed by atoms with van der Waals surface area (Å²) >= 11 is 0. The van der Waals surface area contributed by atoms with Gasteiger partial charge < -0.3 is 14.5 Å². The maximum absolute atomic E-state index is 11.6. The lowest BCUT2D eigenvalue weighted by atomic mass is 10.1. The molecule has 0 atom stereocenters. The number of aryl methyl sites for hydroxylation is 2. The molecule has 1 aromatic heterocycles. The van der Waals surface area contributed by atoms with Crippen LogP contribution in [-0.2, 0) is 16.1 Å². The van der Waals surface area contributed by atoms with Gasteiger partial charge in [-0.15, -0.1) is 0 Å². The average Bonchev–Trinajstić information content (AvgIpc) is 3.00. The Labute approximate surface area is 122 Å². The number of carbonyl (C=O) groups is 2. The quantitative estimate of drug-likeness (QED) is 0.857. The summed E-state index contributed by atoms with van der Waals surface area (Å²) in [6, 6.07) is 7.47. The molecule has 1 N–H and O–H groups in total. The maximum Gasteiger partial charge on any atom is 0.341 e. The van der Waals surface area contributed by atoms with Gasteiger partial charge in [-0.2, -0.15) is 0 Å². The number of nitrogens with one attached hydrogen (secondary N) is 1. The Balaban J connectivity index is 1.77. The first-order chi connectivity index (χ1) is 10.1. The van der Waals surface area contributed by atoms with E-state index in [1.54, 1.807) is 0 Å². The number of carbonyl (C=O) groups excluding carboxylic acids is 2. The third kappa shape index (κ3) is 4.21. The first-order valence-corrected chi connectivity index (χ1v) is 6.58. The van der Waals surface area contributed by atoms with E-state index in [4.69, 9.17) is 9.15 Å². The second-order valence-corrected chi connectivity index (χ2v) is 4.78. The van der Waals surface area contributed by atoms with Gasteiger partial charge in [-0.05, 0) is 36.6 Å². The van der Waals surface area contributed by atoms with Crippen molar-refractivity contribution in [2.45, 2.75) is 20.4 Å². The van der Waals surface area contributed by atoms with Gasteiger partial charge in [0.15, 0.2) is 6.61 Å². The maximum atomic E-state index is 11.6. The zero-order valence-electron chi connectivity index (χ0n) is 12.0. The number of ether oxygens (including phenoxy) is 1. The van der Waals surface area contributed by atoms with Crippen LogP contribution in [0.5, 0.6) is 0 Å². The molecule has 0 aliphatic rings. The van der Waals surface area contributed by atoms with E-state index in [2.05, 4.69) is 5.32 Å². The molecular weight excluding hydrogens is 270 g/mol. The molecule has 0 fully saturated rings. The number of furan rings is 1. The lowest BCUT2D eigenvalue weighted by molar-refractivity contribution is -0.124. The Morgan fingerprint density at radius 2 is 2.00 bits per heavy atom. The molecule has 0 radical (unpaired) electrons. The summed E-state index contributed by atoms with van der Waals surface area (Å²) in [5.41, 5.74) is 3.68. The molecule has 2 rings (SSSR count). The third-order valence-electron chi connectivity index (χ3n) is 3.15. The summed E-state index contributed by atoms with van der Waals surface area (Å²) in [4.78, 5) is 23.1. The van der Waals surface area contributed by atoms with Crippen molar-refractivity contribution >= 4 is 11.9 Å². The minimum atomic E-state index is -0.579. The fraction of sp³-hybridized carbons (Fsp3) is 0.250. The van der Waals surface area contributed by atoms with E-state index >= 15 is 0 Å². The van der Waals surface area contributed by atoms with Crippen molar-refractivity contribution in [3.63, 3.8) is 0 Å². The van der Waals surface area contributed by atoms with Crippen molar-refractivity contribution in [3.8, 4) is 0 Å². The third-order valence-corrected chi connectivity index (χ3v) is 3.15. The highest BCUT2D eigenvalue weighted by Crippen LogP contribution is 2.09. The summed E-state index contributed by atoms with van der Waals surface area (Å²) < 4.78 is 9.64. The highest BCUT2D eigenvalue weighted by Gasteiger charge is 2.11. The minimum absolute atomic E-state index is 0.289. The Hall–Kier alpha value is -2.56. The van der Waals surface area contributed by atoms with E-state index in [0.717, 1.165) is 5.56 Å². The van der Waals surface area contributed by atoms with E-state index in [1.807, 2.05) is 32.0 Å². The molecule has 0 spiro atoms. The van der Waals surface area contributed by atoms with E-state index in [0.29, 0.717) is 6.54 Å². The molecular formula is C16H17NO4. The number of amides is 1. The fourth-order valence-corrected chi connectivity index (χ4v) is 1.76. The smallest absolute Gasteiger partial charge is 0.341 e. The van der Waals surface area contributed by atoms with Gasteiger partial charge in [-0.3, -0.25) is 4.79 Å². The van der Waals surface area contributed by atoms with Gasteiger partial charge in [0.25, 0.3) is 5.91 Å². The summed E-state index contributed by atoms with van der Waals surface area (Å²) in [6.45, 7) is 4.15. The molecule has 0 saturated heterocycles. The minimum Gasteiger partial charge on any atom is -0.472 e. The second-order valence-electron chi connectivity index (χ2n) is 4.78. The highest BCUT2D eigenvalue weighted by atomic mass is 16.5. The molecule has 0 unspecified atom stereocenters. The zero-order chi connectivity index (χ0) is 15.2. The van der Waals surface area contributed by atoms with Gasteiger partial charge >= 0.3 is 5.97 Å². The summed E-state index contributed by atoms with van der Waals surface area (Å²) in [5.74, 6) is -0.921. The van der Waals surface area contributed by atoms with Crippen LogP contribution in [0.4, 0.5) is 0 Å². The van der Waals surface area contributed by atoms with E-state index in [1.165, 1.54) is 29.7 Å². The van der Waals surface area contributed by atoms with Gasteiger partial charge in [-0.1, -0.05) is 18.2 Å². The van der Waals surface area contributed by atoms with Crippen LogP contribution in [-0.4, -0.2) is 18.5 Å². The Morgan fingerprint density at radius 3 is 2.67 bits per heavy atom. The van der Waals surface area contributed by atoms with Gasteiger partial charge in [-0.25, -0.2) is 4.79 Å². The lowest BCUT2D eigenvalue weighted by Gasteiger charge is -2.08. The normalized spacial score (nSPS) is 10.2. The molecule has 110 valence electrons. The van der Waals surface area contributed by atoms with Crippen molar-refractivity contribution < 1.29 is 18.7 Å². The van der Waals surface area contributed by atoms with Gasteiger partial charge in [0.05, 0.1) is 11.8 Å². The highest BCUT2D eigenvalue weighted by molar-refractivity contribution is 5.90. The second kappa shape index (κ2) is 6.74. The molecule has 0 saturated carbocycles. The Bertz CT molecular complexity index is 632. The van der Waals surface area contributed by atoms with Crippen LogP contribution in [0.25, 0.3) is 0 Å². The van der Waals surface area contributed by atoms with Crippen molar-refractivity contribution in [2.24, 2.45) is 0 Å². The lowest BCUT2D eigenvalue weighted by Crippen LogP contribution is -2.28. The predicted molar refractivity (Wildman–Crippen MR) is 76.8 cm³/mol. The monoisotopic (exact) mass is 287 g/mol. The molecule has 0 aliphatic carbocycles. The number of rotatable bonds is 5. The van der Waals surface area contributed by atoms with Gasteiger partial charge in [0, 0.05) is 6.54 Å². The number of esters is 1. The van der Waals surface area contributed by atoms with Crippen LogP contribution in [0.2, 0.25) is 0 Å². The van der Waals surface area contributed by atoms with Crippen LogP contribution in [0.1, 0.15) is 27.0 Å². The van der Waals surface area contributed by atoms with Crippen molar-refractivity contribution in [1.82, 2.24) is 5.32 Å². The van der Waals surface area contributed by atoms with Crippen LogP contribution in [0, 0.1) is 13.8 Å². The Kier molecular flexibility index (Phi) is 4.77. The molecule has 5 heteroatoms. The molecule has 1 heterocycles. The molecule has 0 aliphatic heterocycles. The largest absolute Gasteiger partial charge is 0.472 e. The van der Waals surface area contributed by atoms with Crippen LogP contribution in [0.3, 0.4) is 0 Å². The van der Waals surface area contributed by atoms with Gasteiger partial charge in [0.2, 0.25) is 0 Å². The molecule has 5 nitrogen and oxygen atoms in total. The number of hydrogen-bond donors (Lipinski definition) is 1. The zero-order valence-corrected chi connectivity index (χ0v) is 12.0. The molecule has 1 aromatic carbocycles. The number of benzene rings is 1. The molecule has 2 aromatic rings. The van der Waals surface area contributed by atoms with Crippen LogP contribution in [0.15, 0.2) is 41.2 Å². The molecule has 0 bridgehead atoms. The van der Waals surface area contributed by atoms with E-state index in [9.17, 15) is 9.59 Å². The fourth-order valence-electron chi connectivity index (χ4n) is 1.76. The van der Waals surface area contributed by atoms with Crippen molar-refractivity contribution in [3.05, 3.63) is 59.0 Å².